The van der Waals surface area contributed by atoms with Gasteiger partial charge in [-0.25, -0.2) is 0 Å². The van der Waals surface area contributed by atoms with E-state index in [0.29, 0.717) is 40.1 Å². The molecule has 0 aromatic heterocycles. The molecule has 0 aliphatic carbocycles. The van der Waals surface area contributed by atoms with E-state index in [4.69, 9.17) is 25.8 Å². The van der Waals surface area contributed by atoms with Crippen LogP contribution in [-0.4, -0.2) is 26.7 Å². The third-order valence-electron chi connectivity index (χ3n) is 3.56. The number of nitriles is 1. The van der Waals surface area contributed by atoms with Gasteiger partial charge < -0.3 is 19.5 Å². The van der Waals surface area contributed by atoms with E-state index in [2.05, 4.69) is 5.32 Å². The molecule has 0 spiro atoms. The monoisotopic (exact) mass is 386 g/mol. The Bertz CT molecular complexity index is 886. The summed E-state index contributed by atoms with van der Waals surface area (Å²) in [6.07, 6.45) is 1.43. The Kier molecular flexibility index (Phi) is 7.09. The third kappa shape index (κ3) is 5.16. The summed E-state index contributed by atoms with van der Waals surface area (Å²) in [6, 6.07) is 12.0. The standard InChI is InChI=1S/C20H19ClN2O4/c1-4-27-16-7-5-15(6-8-16)23-20(24)14(12-22)9-13-10-17(21)19(26-3)18(11-13)25-2/h5-11H,4H2,1-3H3,(H,23,24)/b14-9-. The van der Waals surface area contributed by atoms with E-state index in [1.807, 2.05) is 13.0 Å². The highest BCUT2D eigenvalue weighted by molar-refractivity contribution is 6.32. The molecule has 6 nitrogen and oxygen atoms in total. The van der Waals surface area contributed by atoms with E-state index in [1.165, 1.54) is 20.3 Å². The Morgan fingerprint density at radius 1 is 1.22 bits per heavy atom. The Hall–Kier alpha value is -3.17. The molecular weight excluding hydrogens is 368 g/mol. The first kappa shape index (κ1) is 20.1. The molecule has 1 amide bonds. The number of hydrogen-bond acceptors (Lipinski definition) is 5. The summed E-state index contributed by atoms with van der Waals surface area (Å²) in [5.74, 6) is 0.952. The molecule has 0 fully saturated rings. The minimum absolute atomic E-state index is 0.0767. The molecule has 140 valence electrons. The summed E-state index contributed by atoms with van der Waals surface area (Å²) < 4.78 is 15.8. The lowest BCUT2D eigenvalue weighted by molar-refractivity contribution is -0.112. The molecule has 0 aliphatic heterocycles. The van der Waals surface area contributed by atoms with Gasteiger partial charge >= 0.3 is 0 Å². The average molecular weight is 387 g/mol. The maximum absolute atomic E-state index is 12.4. The van der Waals surface area contributed by atoms with Crippen molar-refractivity contribution in [2.75, 3.05) is 26.1 Å². The minimum atomic E-state index is -0.535. The zero-order chi connectivity index (χ0) is 19.8. The van der Waals surface area contributed by atoms with Gasteiger partial charge in [0.2, 0.25) is 0 Å². The van der Waals surface area contributed by atoms with E-state index >= 15 is 0 Å². The van der Waals surface area contributed by atoms with Crippen molar-refractivity contribution < 1.29 is 19.0 Å². The maximum Gasteiger partial charge on any atom is 0.266 e. The number of nitrogens with one attached hydrogen (secondary N) is 1. The molecule has 2 aromatic carbocycles. The van der Waals surface area contributed by atoms with E-state index in [0.717, 1.165) is 0 Å². The van der Waals surface area contributed by atoms with Crippen LogP contribution in [0.5, 0.6) is 17.2 Å². The highest BCUT2D eigenvalue weighted by Crippen LogP contribution is 2.36. The number of ether oxygens (including phenoxy) is 3. The smallest absolute Gasteiger partial charge is 0.266 e. The molecule has 0 radical (unpaired) electrons. The first-order chi connectivity index (χ1) is 13.0. The summed E-state index contributed by atoms with van der Waals surface area (Å²) in [4.78, 5) is 12.4. The molecule has 0 bridgehead atoms. The van der Waals surface area contributed by atoms with Gasteiger partial charge in [0.05, 0.1) is 25.8 Å². The zero-order valence-electron chi connectivity index (χ0n) is 15.2. The molecule has 0 atom stereocenters. The average Bonchev–Trinajstić information content (AvgIpc) is 2.67. The number of amides is 1. The lowest BCUT2D eigenvalue weighted by Gasteiger charge is -2.10. The van der Waals surface area contributed by atoms with E-state index in [9.17, 15) is 10.1 Å². The molecule has 0 saturated heterocycles. The highest BCUT2D eigenvalue weighted by atomic mass is 35.5. The molecule has 0 aliphatic rings. The summed E-state index contributed by atoms with van der Waals surface area (Å²) in [7, 11) is 2.95. The molecule has 7 heteroatoms. The summed E-state index contributed by atoms with van der Waals surface area (Å²) in [5.41, 5.74) is 1.01. The van der Waals surface area contributed by atoms with Crippen LogP contribution in [0.4, 0.5) is 5.69 Å². The van der Waals surface area contributed by atoms with E-state index < -0.39 is 5.91 Å². The van der Waals surface area contributed by atoms with Crippen LogP contribution in [0, 0.1) is 11.3 Å². The number of methoxy groups -OCH3 is 2. The Morgan fingerprint density at radius 2 is 1.93 bits per heavy atom. The quantitative estimate of drug-likeness (QED) is 0.566. The van der Waals surface area contributed by atoms with Crippen molar-refractivity contribution in [2.45, 2.75) is 6.92 Å². The van der Waals surface area contributed by atoms with Gasteiger partial charge in [0.15, 0.2) is 11.5 Å². The molecule has 0 heterocycles. The van der Waals surface area contributed by atoms with Crippen LogP contribution in [0.25, 0.3) is 6.08 Å². The molecule has 0 unspecified atom stereocenters. The lowest BCUT2D eigenvalue weighted by atomic mass is 10.1. The fraction of sp³-hybridized carbons (Fsp3) is 0.200. The Balaban J connectivity index is 2.24. The van der Waals surface area contributed by atoms with Crippen molar-refractivity contribution >= 4 is 29.3 Å². The summed E-state index contributed by atoms with van der Waals surface area (Å²) in [6.45, 7) is 2.45. The fourth-order valence-corrected chi connectivity index (χ4v) is 2.63. The van der Waals surface area contributed by atoms with Gasteiger partial charge in [-0.3, -0.25) is 4.79 Å². The summed E-state index contributed by atoms with van der Waals surface area (Å²) >= 11 is 6.16. The van der Waals surface area contributed by atoms with Crippen LogP contribution >= 0.6 is 11.6 Å². The zero-order valence-corrected chi connectivity index (χ0v) is 16.0. The van der Waals surface area contributed by atoms with Crippen LogP contribution in [0.3, 0.4) is 0 Å². The van der Waals surface area contributed by atoms with Crippen LogP contribution in [-0.2, 0) is 4.79 Å². The first-order valence-electron chi connectivity index (χ1n) is 8.09. The molecule has 2 aromatic rings. The van der Waals surface area contributed by atoms with Crippen molar-refractivity contribution in [1.29, 1.82) is 5.26 Å². The van der Waals surface area contributed by atoms with Gasteiger partial charge in [-0.05, 0) is 55.0 Å². The van der Waals surface area contributed by atoms with Crippen molar-refractivity contribution in [3.8, 4) is 23.3 Å². The van der Waals surface area contributed by atoms with Gasteiger partial charge in [0, 0.05) is 5.69 Å². The second-order valence-corrected chi connectivity index (χ2v) is 5.73. The normalized spacial score (nSPS) is 10.7. The number of rotatable bonds is 7. The van der Waals surface area contributed by atoms with E-state index in [-0.39, 0.29) is 5.57 Å². The van der Waals surface area contributed by atoms with Crippen molar-refractivity contribution in [3.63, 3.8) is 0 Å². The predicted octanol–water partition coefficient (Wildman–Crippen LogP) is 4.30. The third-order valence-corrected chi connectivity index (χ3v) is 3.84. The fourth-order valence-electron chi connectivity index (χ4n) is 2.34. The molecule has 0 saturated carbocycles. The van der Waals surface area contributed by atoms with Gasteiger partial charge in [-0.15, -0.1) is 0 Å². The highest BCUT2D eigenvalue weighted by Gasteiger charge is 2.13. The minimum Gasteiger partial charge on any atom is -0.494 e. The number of halogens is 1. The van der Waals surface area contributed by atoms with Crippen LogP contribution < -0.4 is 19.5 Å². The molecule has 1 N–H and O–H groups in total. The number of anilines is 1. The van der Waals surface area contributed by atoms with Crippen molar-refractivity contribution in [2.24, 2.45) is 0 Å². The van der Waals surface area contributed by atoms with E-state index in [1.54, 1.807) is 36.4 Å². The largest absolute Gasteiger partial charge is 0.494 e. The van der Waals surface area contributed by atoms with Crippen LogP contribution in [0.15, 0.2) is 42.0 Å². The second-order valence-electron chi connectivity index (χ2n) is 5.32. The first-order valence-corrected chi connectivity index (χ1v) is 8.47. The molecular formula is C20H19ClN2O4. The number of hydrogen-bond donors (Lipinski definition) is 1. The van der Waals surface area contributed by atoms with Crippen LogP contribution in [0.2, 0.25) is 5.02 Å². The number of carbonyl (C=O) groups is 1. The van der Waals surface area contributed by atoms with Gasteiger partial charge in [-0.2, -0.15) is 5.26 Å². The summed E-state index contributed by atoms with van der Waals surface area (Å²) in [5, 5.41) is 12.3. The van der Waals surface area contributed by atoms with Crippen LogP contribution in [0.1, 0.15) is 12.5 Å². The maximum atomic E-state index is 12.4. The Labute approximate surface area is 162 Å². The van der Waals surface area contributed by atoms with Gasteiger partial charge in [0.1, 0.15) is 17.4 Å². The SMILES string of the molecule is CCOc1ccc(NC(=O)/C(C#N)=C\c2cc(Cl)c(OC)c(OC)c2)cc1. The van der Waals surface area contributed by atoms with Crippen molar-refractivity contribution in [3.05, 3.63) is 52.6 Å². The number of nitrogens with zero attached hydrogens (tertiary/aromatic N) is 1. The lowest BCUT2D eigenvalue weighted by Crippen LogP contribution is -2.13. The van der Waals surface area contributed by atoms with Gasteiger partial charge in [-0.1, -0.05) is 11.6 Å². The van der Waals surface area contributed by atoms with Crippen molar-refractivity contribution in [1.82, 2.24) is 0 Å². The topological polar surface area (TPSA) is 80.6 Å². The Morgan fingerprint density at radius 3 is 2.48 bits per heavy atom. The second kappa shape index (κ2) is 9.51. The predicted molar refractivity (Wildman–Crippen MR) is 104 cm³/mol. The number of carbonyl (C=O) groups excluding carboxylic acids is 1. The molecule has 2 rings (SSSR count). The van der Waals surface area contributed by atoms with Gasteiger partial charge in [0.25, 0.3) is 5.91 Å². The molecule has 27 heavy (non-hydrogen) atoms. The number of benzene rings is 2.